The van der Waals surface area contributed by atoms with Crippen molar-refractivity contribution in [2.24, 2.45) is 0 Å². The number of rotatable bonds is 4. The summed E-state index contributed by atoms with van der Waals surface area (Å²) in [6, 6.07) is 5.05. The fourth-order valence-corrected chi connectivity index (χ4v) is 2.04. The molecular formula is C9H9Br2NO2. The van der Waals surface area contributed by atoms with Crippen LogP contribution in [0.5, 0.6) is 0 Å². The van der Waals surface area contributed by atoms with Gasteiger partial charge in [0, 0.05) is 21.4 Å². The average Bonchev–Trinajstić information content (AvgIpc) is 2.15. The predicted octanol–water partition coefficient (Wildman–Crippen LogP) is 3.68. The standard InChI is InChI=1S/C9H9Br2NO2/c10-6-2-3-7-8(11)4-1-5-9(7)12(13)14/h1,4-5H,2-3,6H2. The summed E-state index contributed by atoms with van der Waals surface area (Å²) >= 11 is 6.63. The molecular weight excluding hydrogens is 314 g/mol. The summed E-state index contributed by atoms with van der Waals surface area (Å²) in [5, 5.41) is 11.6. The van der Waals surface area contributed by atoms with E-state index in [2.05, 4.69) is 31.9 Å². The number of alkyl halides is 1. The molecule has 1 aromatic carbocycles. The molecule has 0 aliphatic carbocycles. The second-order valence-electron chi connectivity index (χ2n) is 2.79. The monoisotopic (exact) mass is 321 g/mol. The lowest BCUT2D eigenvalue weighted by molar-refractivity contribution is -0.385. The van der Waals surface area contributed by atoms with Crippen LogP contribution in [0.2, 0.25) is 0 Å². The van der Waals surface area contributed by atoms with Gasteiger partial charge in [0.15, 0.2) is 0 Å². The Labute approximate surface area is 98.9 Å². The van der Waals surface area contributed by atoms with E-state index in [4.69, 9.17) is 0 Å². The molecule has 0 aromatic heterocycles. The van der Waals surface area contributed by atoms with Crippen LogP contribution in [0, 0.1) is 10.1 Å². The highest BCUT2D eigenvalue weighted by atomic mass is 79.9. The van der Waals surface area contributed by atoms with Crippen LogP contribution in [0.15, 0.2) is 22.7 Å². The number of benzene rings is 1. The van der Waals surface area contributed by atoms with Crippen molar-refractivity contribution in [1.82, 2.24) is 0 Å². The summed E-state index contributed by atoms with van der Waals surface area (Å²) in [7, 11) is 0. The first-order valence-electron chi connectivity index (χ1n) is 4.14. The van der Waals surface area contributed by atoms with Gasteiger partial charge in [-0.2, -0.15) is 0 Å². The summed E-state index contributed by atoms with van der Waals surface area (Å²) in [5.41, 5.74) is 0.970. The minimum Gasteiger partial charge on any atom is -0.258 e. The van der Waals surface area contributed by atoms with E-state index < -0.39 is 0 Å². The lowest BCUT2D eigenvalue weighted by atomic mass is 10.1. The normalized spacial score (nSPS) is 10.1. The Morgan fingerprint density at radius 2 is 2.14 bits per heavy atom. The summed E-state index contributed by atoms with van der Waals surface area (Å²) in [6.07, 6.45) is 1.60. The Kier molecular flexibility index (Phi) is 4.54. The number of nitro benzene ring substituents is 1. The maximum absolute atomic E-state index is 10.7. The maximum Gasteiger partial charge on any atom is 0.273 e. The van der Waals surface area contributed by atoms with Gasteiger partial charge in [0.05, 0.1) is 4.92 Å². The van der Waals surface area contributed by atoms with Crippen LogP contribution >= 0.6 is 31.9 Å². The van der Waals surface area contributed by atoms with Gasteiger partial charge in [-0.3, -0.25) is 10.1 Å². The third kappa shape index (κ3) is 2.78. The zero-order valence-electron chi connectivity index (χ0n) is 7.37. The number of halogens is 2. The van der Waals surface area contributed by atoms with Crippen LogP contribution in [-0.2, 0) is 6.42 Å². The molecule has 14 heavy (non-hydrogen) atoms. The topological polar surface area (TPSA) is 43.1 Å². The van der Waals surface area contributed by atoms with Gasteiger partial charge in [-0.25, -0.2) is 0 Å². The van der Waals surface area contributed by atoms with Crippen molar-refractivity contribution in [1.29, 1.82) is 0 Å². The third-order valence-electron chi connectivity index (χ3n) is 1.85. The molecule has 0 spiro atoms. The van der Waals surface area contributed by atoms with Gasteiger partial charge < -0.3 is 0 Å². The van der Waals surface area contributed by atoms with Crippen LogP contribution < -0.4 is 0 Å². The lowest BCUT2D eigenvalue weighted by Crippen LogP contribution is -1.97. The van der Waals surface area contributed by atoms with Crippen LogP contribution in [0.3, 0.4) is 0 Å². The molecule has 0 saturated heterocycles. The summed E-state index contributed by atoms with van der Waals surface area (Å²) < 4.78 is 0.813. The molecule has 0 atom stereocenters. The Balaban J connectivity index is 3.02. The van der Waals surface area contributed by atoms with Gasteiger partial charge in [0.2, 0.25) is 0 Å². The van der Waals surface area contributed by atoms with E-state index >= 15 is 0 Å². The molecule has 0 unspecified atom stereocenters. The molecule has 0 bridgehead atoms. The largest absolute Gasteiger partial charge is 0.273 e. The van der Waals surface area contributed by atoms with Crippen molar-refractivity contribution in [3.63, 3.8) is 0 Å². The zero-order chi connectivity index (χ0) is 10.6. The third-order valence-corrected chi connectivity index (χ3v) is 3.15. The van der Waals surface area contributed by atoms with Gasteiger partial charge in [-0.05, 0) is 18.9 Å². The van der Waals surface area contributed by atoms with Gasteiger partial charge in [-0.1, -0.05) is 37.9 Å². The molecule has 5 heteroatoms. The molecule has 0 radical (unpaired) electrons. The van der Waals surface area contributed by atoms with E-state index in [-0.39, 0.29) is 10.6 Å². The molecule has 76 valence electrons. The highest BCUT2D eigenvalue weighted by molar-refractivity contribution is 9.10. The summed E-state index contributed by atoms with van der Waals surface area (Å²) in [4.78, 5) is 10.4. The second kappa shape index (κ2) is 5.46. The second-order valence-corrected chi connectivity index (χ2v) is 4.43. The first kappa shape index (κ1) is 11.7. The molecule has 0 heterocycles. The van der Waals surface area contributed by atoms with Gasteiger partial charge in [0.25, 0.3) is 5.69 Å². The van der Waals surface area contributed by atoms with Crippen LogP contribution in [0.4, 0.5) is 5.69 Å². The number of hydrogen-bond acceptors (Lipinski definition) is 2. The van der Waals surface area contributed by atoms with E-state index in [9.17, 15) is 10.1 Å². The van der Waals surface area contributed by atoms with Crippen molar-refractivity contribution in [3.05, 3.63) is 38.3 Å². The number of nitrogens with zero attached hydrogens (tertiary/aromatic N) is 1. The Morgan fingerprint density at radius 1 is 1.43 bits per heavy atom. The first-order chi connectivity index (χ1) is 6.66. The Bertz CT molecular complexity index is 342. The molecule has 0 aliphatic rings. The minimum absolute atomic E-state index is 0.195. The fourth-order valence-electron chi connectivity index (χ4n) is 1.21. The Morgan fingerprint density at radius 3 is 2.71 bits per heavy atom. The van der Waals surface area contributed by atoms with Crippen molar-refractivity contribution in [2.45, 2.75) is 12.8 Å². The minimum atomic E-state index is -0.339. The van der Waals surface area contributed by atoms with Crippen LogP contribution in [0.1, 0.15) is 12.0 Å². The van der Waals surface area contributed by atoms with E-state index in [0.717, 1.165) is 21.8 Å². The number of hydrogen-bond donors (Lipinski definition) is 0. The van der Waals surface area contributed by atoms with E-state index in [1.165, 1.54) is 6.07 Å². The maximum atomic E-state index is 10.7. The quantitative estimate of drug-likeness (QED) is 0.482. The van der Waals surface area contributed by atoms with Crippen LogP contribution in [-0.4, -0.2) is 10.3 Å². The summed E-state index contributed by atoms with van der Waals surface area (Å²) in [5.74, 6) is 0. The van der Waals surface area contributed by atoms with Gasteiger partial charge in [0.1, 0.15) is 0 Å². The average molecular weight is 323 g/mol. The van der Waals surface area contributed by atoms with Crippen molar-refractivity contribution in [2.75, 3.05) is 5.33 Å². The van der Waals surface area contributed by atoms with Gasteiger partial charge >= 0.3 is 0 Å². The van der Waals surface area contributed by atoms with E-state index in [1.807, 2.05) is 6.07 Å². The van der Waals surface area contributed by atoms with E-state index in [0.29, 0.717) is 6.42 Å². The molecule has 0 N–H and O–H groups in total. The van der Waals surface area contributed by atoms with Crippen molar-refractivity contribution < 1.29 is 4.92 Å². The lowest BCUT2D eigenvalue weighted by Gasteiger charge is -2.03. The zero-order valence-corrected chi connectivity index (χ0v) is 10.5. The highest BCUT2D eigenvalue weighted by Crippen LogP contribution is 2.27. The molecule has 3 nitrogen and oxygen atoms in total. The predicted molar refractivity (Wildman–Crippen MR) is 62.9 cm³/mol. The SMILES string of the molecule is O=[N+]([O-])c1cccc(Br)c1CCCBr. The summed E-state index contributed by atoms with van der Waals surface area (Å²) in [6.45, 7) is 0. The number of nitro groups is 1. The fraction of sp³-hybridized carbons (Fsp3) is 0.333. The van der Waals surface area contributed by atoms with Crippen molar-refractivity contribution in [3.8, 4) is 0 Å². The molecule has 0 saturated carbocycles. The Hall–Kier alpha value is -0.420. The van der Waals surface area contributed by atoms with Crippen molar-refractivity contribution >= 4 is 37.5 Å². The smallest absolute Gasteiger partial charge is 0.258 e. The van der Waals surface area contributed by atoms with Gasteiger partial charge in [-0.15, -0.1) is 0 Å². The molecule has 0 amide bonds. The van der Waals surface area contributed by atoms with E-state index in [1.54, 1.807) is 6.07 Å². The molecule has 1 rings (SSSR count). The molecule has 1 aromatic rings. The van der Waals surface area contributed by atoms with Crippen LogP contribution in [0.25, 0.3) is 0 Å². The molecule has 0 fully saturated rings. The highest BCUT2D eigenvalue weighted by Gasteiger charge is 2.14. The first-order valence-corrected chi connectivity index (χ1v) is 6.06. The molecule has 0 aliphatic heterocycles.